The van der Waals surface area contributed by atoms with E-state index in [1.165, 1.54) is 22.9 Å². The minimum atomic E-state index is -0.650. The lowest BCUT2D eigenvalue weighted by atomic mass is 10.1. The zero-order chi connectivity index (χ0) is 24.8. The average molecular weight is 468 g/mol. The second-order valence-corrected chi connectivity index (χ2v) is 7.81. The largest absolute Gasteiger partial charge is 0.321 e. The Kier molecular flexibility index (Phi) is 6.98. The molecule has 4 rings (SSSR count). The number of carbonyl (C=O) groups is 2. The Labute approximate surface area is 201 Å². The van der Waals surface area contributed by atoms with E-state index < -0.39 is 17.6 Å². The molecule has 2 N–H and O–H groups in total. The zero-order valence-corrected chi connectivity index (χ0v) is 19.0. The number of carbonyl (C=O) groups excluding carboxylic acids is 2. The van der Waals surface area contributed by atoms with Crippen molar-refractivity contribution in [2.45, 2.75) is 19.8 Å². The molecule has 1 heterocycles. The lowest BCUT2D eigenvalue weighted by Crippen LogP contribution is -2.17. The monoisotopic (exact) mass is 467 g/mol. The Balaban J connectivity index is 1.65. The van der Waals surface area contributed by atoms with E-state index in [9.17, 15) is 14.0 Å². The summed E-state index contributed by atoms with van der Waals surface area (Å²) in [6, 6.07) is 24.0. The number of halogens is 1. The summed E-state index contributed by atoms with van der Waals surface area (Å²) in [5.41, 5.74) is 2.62. The highest BCUT2D eigenvalue weighted by Gasteiger charge is 2.23. The molecule has 0 unspecified atom stereocenters. The Morgan fingerprint density at radius 1 is 0.943 bits per heavy atom. The molecule has 0 radical (unpaired) electrons. The number of benzene rings is 3. The van der Waals surface area contributed by atoms with Crippen molar-refractivity contribution in [3.63, 3.8) is 0 Å². The van der Waals surface area contributed by atoms with Crippen molar-refractivity contribution >= 4 is 23.3 Å². The maximum absolute atomic E-state index is 14.2. The van der Waals surface area contributed by atoms with Crippen LogP contribution in [0.15, 0.2) is 78.9 Å². The Bertz CT molecular complexity index is 1410. The molecule has 8 heteroatoms. The normalized spacial score (nSPS) is 10.4. The molecule has 0 saturated carbocycles. The third-order valence-electron chi connectivity index (χ3n) is 5.43. The summed E-state index contributed by atoms with van der Waals surface area (Å²) < 4.78 is 15.6. The van der Waals surface area contributed by atoms with Crippen LogP contribution in [0, 0.1) is 24.1 Å². The number of aryl methyl sites for hydroxylation is 1. The maximum Gasteiger partial charge on any atom is 0.276 e. The van der Waals surface area contributed by atoms with Gasteiger partial charge in [0.15, 0.2) is 5.69 Å². The summed E-state index contributed by atoms with van der Waals surface area (Å²) in [7, 11) is 0. The number of rotatable bonds is 7. The zero-order valence-electron chi connectivity index (χ0n) is 19.0. The smallest absolute Gasteiger partial charge is 0.276 e. The number of amides is 2. The number of hydrogen-bond acceptors (Lipinski definition) is 4. The molecular weight excluding hydrogens is 445 g/mol. The molecule has 0 fully saturated rings. The van der Waals surface area contributed by atoms with Crippen molar-refractivity contribution in [1.82, 2.24) is 9.78 Å². The second kappa shape index (κ2) is 10.4. The van der Waals surface area contributed by atoms with Crippen LogP contribution >= 0.6 is 0 Å². The van der Waals surface area contributed by atoms with Crippen molar-refractivity contribution < 1.29 is 14.0 Å². The van der Waals surface area contributed by atoms with Crippen LogP contribution < -0.4 is 10.6 Å². The predicted octanol–water partition coefficient (Wildman–Crippen LogP) is 5.28. The molecule has 35 heavy (non-hydrogen) atoms. The highest BCUT2D eigenvalue weighted by molar-refractivity contribution is 6.08. The predicted molar refractivity (Wildman–Crippen MR) is 131 cm³/mol. The number of nitriles is 1. The van der Waals surface area contributed by atoms with Gasteiger partial charge in [0.05, 0.1) is 17.3 Å². The molecule has 0 spiro atoms. The van der Waals surface area contributed by atoms with Crippen molar-refractivity contribution in [1.29, 1.82) is 5.26 Å². The summed E-state index contributed by atoms with van der Waals surface area (Å²) in [6.07, 6.45) is 1.06. The van der Waals surface area contributed by atoms with E-state index in [0.717, 1.165) is 5.56 Å². The van der Waals surface area contributed by atoms with E-state index in [4.69, 9.17) is 5.26 Å². The maximum atomic E-state index is 14.2. The van der Waals surface area contributed by atoms with Gasteiger partial charge in [-0.3, -0.25) is 9.59 Å². The fourth-order valence-electron chi connectivity index (χ4n) is 3.58. The molecule has 0 aliphatic carbocycles. The highest BCUT2D eigenvalue weighted by atomic mass is 19.1. The van der Waals surface area contributed by atoms with E-state index in [1.807, 2.05) is 30.3 Å². The van der Waals surface area contributed by atoms with E-state index in [0.29, 0.717) is 29.8 Å². The van der Waals surface area contributed by atoms with E-state index >= 15 is 0 Å². The van der Waals surface area contributed by atoms with Crippen LogP contribution in [0.4, 0.5) is 15.9 Å². The molecule has 174 valence electrons. The molecule has 7 nitrogen and oxygen atoms in total. The quantitative estimate of drug-likeness (QED) is 0.386. The number of para-hydroxylation sites is 1. The number of nitrogens with zero attached hydrogens (tertiary/aromatic N) is 3. The average Bonchev–Trinajstić information content (AvgIpc) is 3.20. The van der Waals surface area contributed by atoms with E-state index in [-0.39, 0.29) is 17.1 Å². The summed E-state index contributed by atoms with van der Waals surface area (Å²) in [6.45, 7) is 1.67. The van der Waals surface area contributed by atoms with Gasteiger partial charge in [-0.05, 0) is 55.3 Å². The van der Waals surface area contributed by atoms with Crippen molar-refractivity contribution in [3.05, 3.63) is 107 Å². The van der Waals surface area contributed by atoms with Gasteiger partial charge in [0.25, 0.3) is 11.8 Å². The summed E-state index contributed by atoms with van der Waals surface area (Å²) in [5, 5.41) is 18.7. The van der Waals surface area contributed by atoms with Gasteiger partial charge in [-0.25, -0.2) is 9.07 Å². The van der Waals surface area contributed by atoms with Crippen LogP contribution in [0.5, 0.6) is 0 Å². The summed E-state index contributed by atoms with van der Waals surface area (Å²) in [5.74, 6) is -1.49. The molecule has 0 bridgehead atoms. The van der Waals surface area contributed by atoms with Gasteiger partial charge in [0.1, 0.15) is 11.6 Å². The van der Waals surface area contributed by atoms with Crippen LogP contribution in [0.25, 0.3) is 5.69 Å². The molecule has 0 aliphatic rings. The first-order chi connectivity index (χ1) is 17.0. The Morgan fingerprint density at radius 2 is 1.63 bits per heavy atom. The Morgan fingerprint density at radius 3 is 2.31 bits per heavy atom. The molecule has 0 saturated heterocycles. The topological polar surface area (TPSA) is 99.8 Å². The number of anilines is 2. The van der Waals surface area contributed by atoms with Crippen molar-refractivity contribution in [2.24, 2.45) is 0 Å². The first-order valence-electron chi connectivity index (χ1n) is 11.0. The molecule has 1 aromatic heterocycles. The lowest BCUT2D eigenvalue weighted by molar-refractivity contribution is 0.101. The number of aromatic nitrogens is 2. The molecule has 0 atom stereocenters. The summed E-state index contributed by atoms with van der Waals surface area (Å²) >= 11 is 0. The van der Waals surface area contributed by atoms with Gasteiger partial charge < -0.3 is 10.6 Å². The van der Waals surface area contributed by atoms with Gasteiger partial charge in [0, 0.05) is 17.7 Å². The molecule has 3 aromatic carbocycles. The van der Waals surface area contributed by atoms with Crippen LogP contribution in [-0.4, -0.2) is 21.6 Å². The molecule has 4 aromatic rings. The standard InChI is InChI=1S/C27H22FN5O2/c1-18-24(27(35)30-20-15-13-19(14-16-20)8-7-17-29)32-33(21-9-3-2-4-10-21)25(18)31-26(34)22-11-5-6-12-23(22)28/h2-6,9-16H,7-8H2,1H3,(H,30,35)(H,31,34). The lowest BCUT2D eigenvalue weighted by Gasteiger charge is -2.10. The van der Waals surface area contributed by atoms with Crippen LogP contribution in [0.3, 0.4) is 0 Å². The second-order valence-electron chi connectivity index (χ2n) is 7.81. The molecule has 0 aliphatic heterocycles. The number of hydrogen-bond donors (Lipinski definition) is 2. The summed E-state index contributed by atoms with van der Waals surface area (Å²) in [4.78, 5) is 25.9. The van der Waals surface area contributed by atoms with Gasteiger partial charge in [0.2, 0.25) is 0 Å². The van der Waals surface area contributed by atoms with Gasteiger partial charge >= 0.3 is 0 Å². The van der Waals surface area contributed by atoms with Gasteiger partial charge in [-0.2, -0.15) is 10.4 Å². The van der Waals surface area contributed by atoms with E-state index in [1.54, 1.807) is 37.3 Å². The van der Waals surface area contributed by atoms with E-state index in [2.05, 4.69) is 21.8 Å². The fourth-order valence-corrected chi connectivity index (χ4v) is 3.58. The van der Waals surface area contributed by atoms with Crippen molar-refractivity contribution in [2.75, 3.05) is 10.6 Å². The van der Waals surface area contributed by atoms with Gasteiger partial charge in [-0.15, -0.1) is 0 Å². The third-order valence-corrected chi connectivity index (χ3v) is 5.43. The van der Waals surface area contributed by atoms with Crippen molar-refractivity contribution in [3.8, 4) is 11.8 Å². The number of nitrogens with one attached hydrogen (secondary N) is 2. The van der Waals surface area contributed by atoms with Gasteiger partial charge in [-0.1, -0.05) is 42.5 Å². The fraction of sp³-hybridized carbons (Fsp3) is 0.111. The highest BCUT2D eigenvalue weighted by Crippen LogP contribution is 2.25. The minimum Gasteiger partial charge on any atom is -0.321 e. The first-order valence-corrected chi connectivity index (χ1v) is 11.0. The first kappa shape index (κ1) is 23.4. The molecular formula is C27H22FN5O2. The third kappa shape index (κ3) is 5.25. The van der Waals surface area contributed by atoms with Crippen LogP contribution in [-0.2, 0) is 6.42 Å². The van der Waals surface area contributed by atoms with Crippen LogP contribution in [0.1, 0.15) is 38.4 Å². The van der Waals surface area contributed by atoms with Crippen LogP contribution in [0.2, 0.25) is 0 Å². The minimum absolute atomic E-state index is 0.116. The molecule has 2 amide bonds. The SMILES string of the molecule is Cc1c(C(=O)Nc2ccc(CCC#N)cc2)nn(-c2ccccc2)c1NC(=O)c1ccccc1F. The Hall–Kier alpha value is -4.77.